The lowest BCUT2D eigenvalue weighted by Crippen LogP contribution is -2.59. The number of benzene rings is 1. The van der Waals surface area contributed by atoms with Gasteiger partial charge >= 0.3 is 0 Å². The Morgan fingerprint density at radius 1 is 1.04 bits per heavy atom. The van der Waals surface area contributed by atoms with Crippen LogP contribution in [0.2, 0.25) is 0 Å². The minimum Gasteiger partial charge on any atom is -0.339 e. The highest BCUT2D eigenvalue weighted by molar-refractivity contribution is 5.89. The summed E-state index contributed by atoms with van der Waals surface area (Å²) in [6.07, 6.45) is 3.86. The molecule has 0 unspecified atom stereocenters. The summed E-state index contributed by atoms with van der Waals surface area (Å²) in [7, 11) is 4.01. The van der Waals surface area contributed by atoms with Gasteiger partial charge in [-0.15, -0.1) is 0 Å². The third kappa shape index (κ3) is 2.65. The van der Waals surface area contributed by atoms with Gasteiger partial charge in [-0.25, -0.2) is 0 Å². The second-order valence-corrected chi connectivity index (χ2v) is 7.80. The maximum atomic E-state index is 13.5. The molecule has 1 heterocycles. The van der Waals surface area contributed by atoms with Crippen molar-refractivity contribution >= 4 is 11.8 Å². The van der Waals surface area contributed by atoms with E-state index >= 15 is 0 Å². The van der Waals surface area contributed by atoms with Gasteiger partial charge in [0.25, 0.3) is 0 Å². The standard InChI is InChI=1S/C20H27N3O2/c1-21(2)20(10-9-15-5-3-4-6-17(15)20)19(25)23-13-11-22(12-14-23)18(24)16-7-8-16/h3-6,16H,7-14H2,1-2H3/t20-/m0/s1. The smallest absolute Gasteiger partial charge is 0.247 e. The molecule has 3 aliphatic rings. The Morgan fingerprint density at radius 2 is 1.68 bits per heavy atom. The molecular weight excluding hydrogens is 314 g/mol. The largest absolute Gasteiger partial charge is 0.339 e. The van der Waals surface area contributed by atoms with E-state index in [2.05, 4.69) is 23.1 Å². The molecule has 1 aromatic carbocycles. The SMILES string of the molecule is CN(C)[C@@]1(C(=O)N2CCN(C(=O)C3CC3)CC2)CCc2ccccc21. The van der Waals surface area contributed by atoms with Gasteiger partial charge in [-0.2, -0.15) is 0 Å². The molecule has 1 aromatic rings. The van der Waals surface area contributed by atoms with Crippen LogP contribution in [-0.4, -0.2) is 66.8 Å². The first kappa shape index (κ1) is 16.6. The highest BCUT2D eigenvalue weighted by Gasteiger charge is 2.49. The number of hydrogen-bond acceptors (Lipinski definition) is 3. The normalized spacial score (nSPS) is 26.0. The van der Waals surface area contributed by atoms with E-state index in [0.29, 0.717) is 32.1 Å². The lowest BCUT2D eigenvalue weighted by molar-refractivity contribution is -0.148. The Balaban J connectivity index is 1.52. The number of hydrogen-bond donors (Lipinski definition) is 0. The maximum Gasteiger partial charge on any atom is 0.247 e. The predicted octanol–water partition coefficient (Wildman–Crippen LogP) is 1.47. The molecule has 1 saturated carbocycles. The average molecular weight is 341 g/mol. The number of piperazine rings is 1. The van der Waals surface area contributed by atoms with E-state index in [4.69, 9.17) is 0 Å². The second-order valence-electron chi connectivity index (χ2n) is 7.80. The molecule has 0 spiro atoms. The lowest BCUT2D eigenvalue weighted by atomic mass is 9.88. The fraction of sp³-hybridized carbons (Fsp3) is 0.600. The predicted molar refractivity (Wildman–Crippen MR) is 96.0 cm³/mol. The first-order valence-corrected chi connectivity index (χ1v) is 9.38. The Hall–Kier alpha value is -1.88. The van der Waals surface area contributed by atoms with Gasteiger partial charge in [0.15, 0.2) is 0 Å². The number of carbonyl (C=O) groups is 2. The van der Waals surface area contributed by atoms with Crippen molar-refractivity contribution in [1.29, 1.82) is 0 Å². The van der Waals surface area contributed by atoms with Crippen LogP contribution in [-0.2, 0) is 21.5 Å². The lowest BCUT2D eigenvalue weighted by Gasteiger charge is -2.43. The van der Waals surface area contributed by atoms with Gasteiger partial charge in [0.1, 0.15) is 5.54 Å². The van der Waals surface area contributed by atoms with Crippen molar-refractivity contribution in [2.24, 2.45) is 5.92 Å². The summed E-state index contributed by atoms with van der Waals surface area (Å²) in [5.74, 6) is 0.749. The number of rotatable bonds is 3. The molecule has 4 rings (SSSR count). The van der Waals surface area contributed by atoms with E-state index in [-0.39, 0.29) is 11.8 Å². The summed E-state index contributed by atoms with van der Waals surface area (Å²) in [5.41, 5.74) is 1.88. The van der Waals surface area contributed by atoms with Crippen molar-refractivity contribution in [3.63, 3.8) is 0 Å². The first-order chi connectivity index (χ1) is 12.0. The van der Waals surface area contributed by atoms with E-state index < -0.39 is 5.54 Å². The van der Waals surface area contributed by atoms with Crippen LogP contribution in [0.1, 0.15) is 30.4 Å². The van der Waals surface area contributed by atoms with Crippen molar-refractivity contribution in [1.82, 2.24) is 14.7 Å². The van der Waals surface area contributed by atoms with Crippen LogP contribution in [0.5, 0.6) is 0 Å². The Kier molecular flexibility index (Phi) is 4.07. The topological polar surface area (TPSA) is 43.9 Å². The van der Waals surface area contributed by atoms with Gasteiger partial charge in [0, 0.05) is 32.1 Å². The molecule has 2 aliphatic carbocycles. The van der Waals surface area contributed by atoms with Crippen LogP contribution < -0.4 is 0 Å². The molecule has 0 radical (unpaired) electrons. The molecule has 1 atom stereocenters. The van der Waals surface area contributed by atoms with Gasteiger partial charge in [-0.05, 0) is 50.9 Å². The summed E-state index contributed by atoms with van der Waals surface area (Å²) in [4.78, 5) is 31.8. The summed E-state index contributed by atoms with van der Waals surface area (Å²) >= 11 is 0. The van der Waals surface area contributed by atoms with Crippen molar-refractivity contribution in [2.45, 2.75) is 31.2 Å². The number of carbonyl (C=O) groups excluding carboxylic acids is 2. The van der Waals surface area contributed by atoms with Crippen LogP contribution in [0.3, 0.4) is 0 Å². The fourth-order valence-corrected chi connectivity index (χ4v) is 4.45. The maximum absolute atomic E-state index is 13.5. The summed E-state index contributed by atoms with van der Waals surface area (Å²) in [6.45, 7) is 2.64. The Bertz CT molecular complexity index is 690. The van der Waals surface area contributed by atoms with E-state index in [0.717, 1.165) is 31.2 Å². The second kappa shape index (κ2) is 6.13. The van der Waals surface area contributed by atoms with Crippen molar-refractivity contribution in [3.05, 3.63) is 35.4 Å². The summed E-state index contributed by atoms with van der Waals surface area (Å²) in [5, 5.41) is 0. The van der Waals surface area contributed by atoms with E-state index in [1.165, 1.54) is 5.56 Å². The summed E-state index contributed by atoms with van der Waals surface area (Å²) in [6, 6.07) is 8.33. The van der Waals surface area contributed by atoms with Crippen LogP contribution in [0, 0.1) is 5.92 Å². The van der Waals surface area contributed by atoms with E-state index in [1.807, 2.05) is 30.0 Å². The number of likely N-dealkylation sites (N-methyl/N-ethyl adjacent to an activating group) is 1. The average Bonchev–Trinajstić information content (AvgIpc) is 3.41. The fourth-order valence-electron chi connectivity index (χ4n) is 4.45. The third-order valence-electron chi connectivity index (χ3n) is 6.14. The van der Waals surface area contributed by atoms with Crippen LogP contribution in [0.4, 0.5) is 0 Å². The zero-order chi connectivity index (χ0) is 17.6. The van der Waals surface area contributed by atoms with Crippen LogP contribution in [0.25, 0.3) is 0 Å². The molecule has 25 heavy (non-hydrogen) atoms. The van der Waals surface area contributed by atoms with E-state index in [9.17, 15) is 9.59 Å². The van der Waals surface area contributed by atoms with Gasteiger partial charge in [-0.3, -0.25) is 14.5 Å². The highest BCUT2D eigenvalue weighted by Crippen LogP contribution is 2.42. The molecule has 1 aliphatic heterocycles. The monoisotopic (exact) mass is 341 g/mol. The van der Waals surface area contributed by atoms with Crippen molar-refractivity contribution in [3.8, 4) is 0 Å². The molecule has 2 fully saturated rings. The zero-order valence-electron chi connectivity index (χ0n) is 15.2. The first-order valence-electron chi connectivity index (χ1n) is 9.38. The van der Waals surface area contributed by atoms with Crippen molar-refractivity contribution in [2.75, 3.05) is 40.3 Å². The van der Waals surface area contributed by atoms with Gasteiger partial charge < -0.3 is 9.80 Å². The van der Waals surface area contributed by atoms with Gasteiger partial charge in [0.2, 0.25) is 11.8 Å². The van der Waals surface area contributed by atoms with Crippen LogP contribution in [0.15, 0.2) is 24.3 Å². The third-order valence-corrected chi connectivity index (χ3v) is 6.14. The molecule has 0 aromatic heterocycles. The quantitative estimate of drug-likeness (QED) is 0.836. The van der Waals surface area contributed by atoms with Gasteiger partial charge in [0.05, 0.1) is 0 Å². The molecule has 5 heteroatoms. The highest BCUT2D eigenvalue weighted by atomic mass is 16.2. The molecule has 0 bridgehead atoms. The van der Waals surface area contributed by atoms with Crippen molar-refractivity contribution < 1.29 is 9.59 Å². The zero-order valence-corrected chi connectivity index (χ0v) is 15.2. The Morgan fingerprint density at radius 3 is 2.32 bits per heavy atom. The minimum atomic E-state index is -0.556. The summed E-state index contributed by atoms with van der Waals surface area (Å²) < 4.78 is 0. The Labute approximate surface area is 149 Å². The number of nitrogens with zero attached hydrogens (tertiary/aromatic N) is 3. The van der Waals surface area contributed by atoms with E-state index in [1.54, 1.807) is 0 Å². The minimum absolute atomic E-state index is 0.195. The molecule has 0 N–H and O–H groups in total. The molecule has 1 saturated heterocycles. The number of fused-ring (bicyclic) bond motifs is 1. The molecular formula is C20H27N3O2. The van der Waals surface area contributed by atoms with Crippen LogP contribution >= 0.6 is 0 Å². The van der Waals surface area contributed by atoms with Gasteiger partial charge in [-0.1, -0.05) is 24.3 Å². The molecule has 134 valence electrons. The molecule has 2 amide bonds. The number of amides is 2. The molecule has 5 nitrogen and oxygen atoms in total. The number of aryl methyl sites for hydroxylation is 1.